The molecule has 46 heavy (non-hydrogen) atoms. The van der Waals surface area contributed by atoms with Crippen LogP contribution in [0.5, 0.6) is 0 Å². The lowest BCUT2D eigenvalue weighted by Crippen LogP contribution is -2.30. The molecule has 0 saturated carbocycles. The van der Waals surface area contributed by atoms with Gasteiger partial charge < -0.3 is 20.9 Å². The molecule has 1 unspecified atom stereocenters. The van der Waals surface area contributed by atoms with Crippen LogP contribution in [0.25, 0.3) is 16.8 Å². The molecule has 8 heteroatoms. The van der Waals surface area contributed by atoms with Crippen LogP contribution in [0.1, 0.15) is 29.3 Å². The highest BCUT2D eigenvalue weighted by Gasteiger charge is 2.20. The monoisotopic (exact) mass is 628 g/mol. The Morgan fingerprint density at radius 3 is 2.15 bits per heavy atom. The van der Waals surface area contributed by atoms with Crippen molar-refractivity contribution in [3.05, 3.63) is 138 Å². The summed E-state index contributed by atoms with van der Waals surface area (Å²) in [6, 6.07) is 37.7. The van der Waals surface area contributed by atoms with E-state index in [1.807, 2.05) is 117 Å². The number of rotatable bonds is 11. The van der Waals surface area contributed by atoms with Gasteiger partial charge in [-0.1, -0.05) is 73.7 Å². The van der Waals surface area contributed by atoms with Crippen LogP contribution in [0, 0.1) is 0 Å². The van der Waals surface area contributed by atoms with Crippen molar-refractivity contribution in [3.63, 3.8) is 0 Å². The summed E-state index contributed by atoms with van der Waals surface area (Å²) in [5.41, 5.74) is 3.61. The zero-order valence-electron chi connectivity index (χ0n) is 26.0. The maximum atomic E-state index is 13.6. The van der Waals surface area contributed by atoms with E-state index in [-0.39, 0.29) is 22.8 Å². The second-order valence-electron chi connectivity index (χ2n) is 10.9. The van der Waals surface area contributed by atoms with Crippen LogP contribution in [-0.4, -0.2) is 37.1 Å². The molecule has 0 aliphatic carbocycles. The van der Waals surface area contributed by atoms with Gasteiger partial charge in [0.15, 0.2) is 0 Å². The average Bonchev–Trinajstić information content (AvgIpc) is 3.07. The highest BCUT2D eigenvalue weighted by Crippen LogP contribution is 2.29. The first kappa shape index (κ1) is 32.1. The normalized spacial score (nSPS) is 11.8. The molecule has 0 aromatic heterocycles. The van der Waals surface area contributed by atoms with Crippen LogP contribution < -0.4 is 20.9 Å². The van der Waals surface area contributed by atoms with E-state index in [4.69, 9.17) is 0 Å². The minimum Gasteiger partial charge on any atom is -0.378 e. The first-order chi connectivity index (χ1) is 22.3. The van der Waals surface area contributed by atoms with Crippen LogP contribution in [0.15, 0.2) is 132 Å². The largest absolute Gasteiger partial charge is 0.378 e. The fraction of sp³-hybridized carbons (Fsp3) is 0.132. The molecule has 0 radical (unpaired) electrons. The maximum Gasteiger partial charge on any atom is 0.272 e. The topological polar surface area (TPSA) is 90.5 Å². The van der Waals surface area contributed by atoms with Gasteiger partial charge >= 0.3 is 0 Å². The molecule has 0 aliphatic rings. The Balaban J connectivity index is 1.30. The van der Waals surface area contributed by atoms with Crippen molar-refractivity contribution in [2.24, 2.45) is 0 Å². The first-order valence-corrected chi connectivity index (χ1v) is 15.9. The Kier molecular flexibility index (Phi) is 10.5. The van der Waals surface area contributed by atoms with Crippen molar-refractivity contribution in [2.45, 2.75) is 23.5 Å². The Bertz CT molecular complexity index is 1870. The number of anilines is 3. The van der Waals surface area contributed by atoms with Crippen molar-refractivity contribution in [3.8, 4) is 0 Å². The van der Waals surface area contributed by atoms with Crippen LogP contribution in [0.4, 0.5) is 17.1 Å². The minimum absolute atomic E-state index is 0.0913. The summed E-state index contributed by atoms with van der Waals surface area (Å²) in [4.78, 5) is 42.7. The third-order valence-corrected chi connectivity index (χ3v) is 8.66. The fourth-order valence-electron chi connectivity index (χ4n) is 4.80. The van der Waals surface area contributed by atoms with Gasteiger partial charge in [-0.3, -0.25) is 14.4 Å². The lowest BCUT2D eigenvalue weighted by atomic mass is 10.1. The Morgan fingerprint density at radius 2 is 1.43 bits per heavy atom. The van der Waals surface area contributed by atoms with Crippen LogP contribution in [0.3, 0.4) is 0 Å². The summed E-state index contributed by atoms with van der Waals surface area (Å²) >= 11 is 1.43. The molecule has 232 valence electrons. The molecule has 5 aromatic carbocycles. The Morgan fingerprint density at radius 1 is 0.739 bits per heavy atom. The quantitative estimate of drug-likeness (QED) is 0.103. The van der Waals surface area contributed by atoms with Gasteiger partial charge in [-0.15, -0.1) is 11.8 Å². The highest BCUT2D eigenvalue weighted by molar-refractivity contribution is 8.00. The lowest BCUT2D eigenvalue weighted by molar-refractivity contribution is -0.116. The minimum atomic E-state index is -0.468. The SMILES string of the molecule is CCC(Sc1cccc(NC(=O)/C(=C\c2ccc(N(C)C)cc2)NC(=O)c2ccccc2)c1)C(=O)Nc1ccc2ccccc2c1. The molecule has 1 atom stereocenters. The number of nitrogens with zero attached hydrogens (tertiary/aromatic N) is 1. The standard InChI is InChI=1S/C38H36N4O3S/c1-4-35(38(45)40-31-20-19-27-11-8-9-14-29(27)24-31)46-33-16-10-15-30(25-33)39-37(44)34(41-36(43)28-12-6-5-7-13-28)23-26-17-21-32(22-18-26)42(2)3/h5-25,35H,4H2,1-3H3,(H,39,44)(H,40,45)(H,41,43)/b34-23+. The number of hydrogen-bond donors (Lipinski definition) is 3. The van der Waals surface area contributed by atoms with Crippen molar-refractivity contribution < 1.29 is 14.4 Å². The first-order valence-electron chi connectivity index (χ1n) is 15.0. The van der Waals surface area contributed by atoms with E-state index >= 15 is 0 Å². The van der Waals surface area contributed by atoms with Gasteiger partial charge in [0.25, 0.3) is 11.8 Å². The summed E-state index contributed by atoms with van der Waals surface area (Å²) < 4.78 is 0. The van der Waals surface area contributed by atoms with Crippen molar-refractivity contribution in [1.82, 2.24) is 5.32 Å². The van der Waals surface area contributed by atoms with E-state index in [1.54, 1.807) is 36.4 Å². The number of carbonyl (C=O) groups is 3. The molecule has 0 saturated heterocycles. The maximum absolute atomic E-state index is 13.6. The molecule has 0 spiro atoms. The third-order valence-electron chi connectivity index (χ3n) is 7.30. The zero-order valence-corrected chi connectivity index (χ0v) is 26.8. The second kappa shape index (κ2) is 15.1. The van der Waals surface area contributed by atoms with E-state index in [0.717, 1.165) is 32.6 Å². The zero-order chi connectivity index (χ0) is 32.5. The van der Waals surface area contributed by atoms with E-state index in [9.17, 15) is 14.4 Å². The van der Waals surface area contributed by atoms with Gasteiger partial charge in [0.05, 0.1) is 5.25 Å². The summed E-state index contributed by atoms with van der Waals surface area (Å²) in [6.45, 7) is 1.97. The molecule has 0 bridgehead atoms. The molecule has 7 nitrogen and oxygen atoms in total. The Hall–Kier alpha value is -5.34. The molecule has 3 N–H and O–H groups in total. The summed E-state index contributed by atoms with van der Waals surface area (Å²) in [5, 5.41) is 10.6. The molecule has 3 amide bonds. The van der Waals surface area contributed by atoms with E-state index < -0.39 is 5.91 Å². The number of nitrogens with one attached hydrogen (secondary N) is 3. The van der Waals surface area contributed by atoms with Crippen molar-refractivity contribution in [1.29, 1.82) is 0 Å². The highest BCUT2D eigenvalue weighted by atomic mass is 32.2. The summed E-state index contributed by atoms with van der Waals surface area (Å²) in [5.74, 6) is -0.949. The van der Waals surface area contributed by atoms with Gasteiger partial charge in [0.1, 0.15) is 5.70 Å². The van der Waals surface area contributed by atoms with Crippen LogP contribution in [-0.2, 0) is 9.59 Å². The predicted molar refractivity (Wildman–Crippen MR) is 190 cm³/mol. The second-order valence-corrected chi connectivity index (χ2v) is 12.2. The average molecular weight is 629 g/mol. The number of hydrogen-bond acceptors (Lipinski definition) is 5. The van der Waals surface area contributed by atoms with Gasteiger partial charge in [0.2, 0.25) is 5.91 Å². The van der Waals surface area contributed by atoms with E-state index in [0.29, 0.717) is 17.7 Å². The number of thioether (sulfide) groups is 1. The predicted octanol–water partition coefficient (Wildman–Crippen LogP) is 7.82. The molecule has 0 aliphatic heterocycles. The molecule has 0 fully saturated rings. The third kappa shape index (κ3) is 8.43. The summed E-state index contributed by atoms with van der Waals surface area (Å²) in [6.07, 6.45) is 2.27. The number of amides is 3. The van der Waals surface area contributed by atoms with Gasteiger partial charge in [-0.25, -0.2) is 0 Å². The molecule has 5 aromatic rings. The Labute approximate surface area is 273 Å². The summed E-state index contributed by atoms with van der Waals surface area (Å²) in [7, 11) is 3.91. The molecule has 0 heterocycles. The fourth-order valence-corrected chi connectivity index (χ4v) is 5.81. The number of fused-ring (bicyclic) bond motifs is 1. The van der Waals surface area contributed by atoms with Gasteiger partial charge in [-0.05, 0) is 83.4 Å². The van der Waals surface area contributed by atoms with Crippen LogP contribution in [0.2, 0.25) is 0 Å². The number of carbonyl (C=O) groups excluding carboxylic acids is 3. The van der Waals surface area contributed by atoms with Gasteiger partial charge in [-0.2, -0.15) is 0 Å². The van der Waals surface area contributed by atoms with Crippen molar-refractivity contribution in [2.75, 3.05) is 29.6 Å². The van der Waals surface area contributed by atoms with Crippen LogP contribution >= 0.6 is 11.8 Å². The lowest BCUT2D eigenvalue weighted by Gasteiger charge is -2.16. The molecular weight excluding hydrogens is 593 g/mol. The van der Waals surface area contributed by atoms with E-state index in [1.165, 1.54) is 11.8 Å². The molecular formula is C38H36N4O3S. The van der Waals surface area contributed by atoms with Crippen molar-refractivity contribution >= 4 is 63.4 Å². The smallest absolute Gasteiger partial charge is 0.272 e. The number of benzene rings is 5. The van der Waals surface area contributed by atoms with Gasteiger partial charge in [0, 0.05) is 41.6 Å². The van der Waals surface area contributed by atoms with E-state index in [2.05, 4.69) is 16.0 Å². The molecule has 5 rings (SSSR count).